The number of hydrogen-bond donors (Lipinski definition) is 1. The van der Waals surface area contributed by atoms with Crippen LogP contribution in [0.15, 0.2) is 24.3 Å². The Hall–Kier alpha value is -2.18. The summed E-state index contributed by atoms with van der Waals surface area (Å²) in [5.41, 5.74) is -0.111. The standard InChI is InChI=1S/C17H23F2NO4/c1-5-23-14(21)10-13(15(18)19)11-7-6-8-12(9-11)20-16(22)24-17(2,3)4/h6-9,13,15H,5,10H2,1-4H3,(H,20,22). The molecule has 134 valence electrons. The lowest BCUT2D eigenvalue weighted by molar-refractivity contribution is -0.144. The number of anilines is 1. The molecule has 0 aromatic heterocycles. The Morgan fingerprint density at radius 1 is 1.25 bits per heavy atom. The molecule has 1 unspecified atom stereocenters. The number of ether oxygens (including phenoxy) is 2. The minimum absolute atomic E-state index is 0.134. The highest BCUT2D eigenvalue weighted by atomic mass is 19.3. The van der Waals surface area contributed by atoms with Crippen LogP contribution in [-0.4, -0.2) is 30.7 Å². The van der Waals surface area contributed by atoms with E-state index < -0.39 is 36.4 Å². The Morgan fingerprint density at radius 2 is 1.92 bits per heavy atom. The zero-order chi connectivity index (χ0) is 18.3. The van der Waals surface area contributed by atoms with E-state index in [0.717, 1.165) is 0 Å². The monoisotopic (exact) mass is 343 g/mol. The van der Waals surface area contributed by atoms with Crippen LogP contribution in [0.2, 0.25) is 0 Å². The lowest BCUT2D eigenvalue weighted by Gasteiger charge is -2.20. The number of amides is 1. The van der Waals surface area contributed by atoms with Gasteiger partial charge in [0.1, 0.15) is 5.60 Å². The Balaban J connectivity index is 2.87. The summed E-state index contributed by atoms with van der Waals surface area (Å²) in [5, 5.41) is 2.49. The second-order valence-corrected chi connectivity index (χ2v) is 6.20. The number of rotatable bonds is 6. The van der Waals surface area contributed by atoms with E-state index in [1.807, 2.05) is 0 Å². The fourth-order valence-electron chi connectivity index (χ4n) is 2.02. The number of nitrogens with one attached hydrogen (secondary N) is 1. The van der Waals surface area contributed by atoms with Crippen molar-refractivity contribution in [3.8, 4) is 0 Å². The minimum atomic E-state index is -2.73. The van der Waals surface area contributed by atoms with Crippen molar-refractivity contribution in [2.45, 2.75) is 52.1 Å². The maximum Gasteiger partial charge on any atom is 0.412 e. The van der Waals surface area contributed by atoms with Gasteiger partial charge in [-0.25, -0.2) is 13.6 Å². The highest BCUT2D eigenvalue weighted by molar-refractivity contribution is 5.85. The van der Waals surface area contributed by atoms with Gasteiger partial charge in [0.2, 0.25) is 6.43 Å². The normalized spacial score (nSPS) is 12.6. The predicted molar refractivity (Wildman–Crippen MR) is 86.3 cm³/mol. The van der Waals surface area contributed by atoms with Gasteiger partial charge >= 0.3 is 12.1 Å². The quantitative estimate of drug-likeness (QED) is 0.781. The predicted octanol–water partition coefficient (Wildman–Crippen LogP) is 4.34. The van der Waals surface area contributed by atoms with Crippen LogP contribution in [0.3, 0.4) is 0 Å². The number of alkyl halides is 2. The van der Waals surface area contributed by atoms with Crippen molar-refractivity contribution in [2.75, 3.05) is 11.9 Å². The first-order valence-corrected chi connectivity index (χ1v) is 7.66. The molecule has 1 aromatic rings. The third kappa shape index (κ3) is 6.93. The molecule has 0 spiro atoms. The summed E-state index contributed by atoms with van der Waals surface area (Å²) in [6.45, 7) is 6.90. The molecule has 0 fully saturated rings. The highest BCUT2D eigenvalue weighted by Crippen LogP contribution is 2.29. The van der Waals surface area contributed by atoms with E-state index >= 15 is 0 Å². The maximum atomic E-state index is 13.3. The third-order valence-corrected chi connectivity index (χ3v) is 2.96. The number of hydrogen-bond acceptors (Lipinski definition) is 4. The van der Waals surface area contributed by atoms with Gasteiger partial charge in [-0.05, 0) is 45.4 Å². The summed E-state index contributed by atoms with van der Waals surface area (Å²) in [5.74, 6) is -1.99. The number of esters is 1. The van der Waals surface area contributed by atoms with Crippen LogP contribution in [0.25, 0.3) is 0 Å². The first kappa shape index (κ1) is 19.9. The molecule has 1 atom stereocenters. The van der Waals surface area contributed by atoms with Crippen LogP contribution in [0.4, 0.5) is 19.3 Å². The molecule has 0 bridgehead atoms. The zero-order valence-electron chi connectivity index (χ0n) is 14.3. The van der Waals surface area contributed by atoms with Crippen LogP contribution in [0.1, 0.15) is 45.6 Å². The number of carbonyl (C=O) groups is 2. The third-order valence-electron chi connectivity index (χ3n) is 2.96. The van der Waals surface area contributed by atoms with Crippen molar-refractivity contribution in [3.05, 3.63) is 29.8 Å². The molecule has 0 saturated carbocycles. The molecule has 0 aliphatic rings. The zero-order valence-corrected chi connectivity index (χ0v) is 14.3. The number of benzene rings is 1. The van der Waals surface area contributed by atoms with E-state index in [9.17, 15) is 18.4 Å². The Morgan fingerprint density at radius 3 is 2.46 bits per heavy atom. The topological polar surface area (TPSA) is 64.6 Å². The summed E-state index contributed by atoms with van der Waals surface area (Å²) in [7, 11) is 0. The highest BCUT2D eigenvalue weighted by Gasteiger charge is 2.26. The average molecular weight is 343 g/mol. The van der Waals surface area contributed by atoms with E-state index in [-0.39, 0.29) is 12.2 Å². The first-order valence-electron chi connectivity index (χ1n) is 7.66. The van der Waals surface area contributed by atoms with E-state index in [1.54, 1.807) is 33.8 Å². The molecule has 24 heavy (non-hydrogen) atoms. The van der Waals surface area contributed by atoms with Crippen molar-refractivity contribution in [1.82, 2.24) is 0 Å². The van der Waals surface area contributed by atoms with Gasteiger partial charge in [0.15, 0.2) is 0 Å². The Kier molecular flexibility index (Phi) is 7.13. The van der Waals surface area contributed by atoms with Gasteiger partial charge in [-0.1, -0.05) is 12.1 Å². The van der Waals surface area contributed by atoms with Crippen molar-refractivity contribution in [1.29, 1.82) is 0 Å². The van der Waals surface area contributed by atoms with E-state index in [0.29, 0.717) is 5.69 Å². The smallest absolute Gasteiger partial charge is 0.412 e. The van der Waals surface area contributed by atoms with Crippen LogP contribution in [0, 0.1) is 0 Å². The number of carbonyl (C=O) groups excluding carboxylic acids is 2. The van der Waals surface area contributed by atoms with Crippen molar-refractivity contribution in [2.24, 2.45) is 0 Å². The molecule has 7 heteroatoms. The molecule has 1 aromatic carbocycles. The van der Waals surface area contributed by atoms with Crippen molar-refractivity contribution in [3.63, 3.8) is 0 Å². The average Bonchev–Trinajstić information content (AvgIpc) is 2.42. The van der Waals surface area contributed by atoms with E-state index in [4.69, 9.17) is 9.47 Å². The van der Waals surface area contributed by atoms with Gasteiger partial charge in [-0.15, -0.1) is 0 Å². The van der Waals surface area contributed by atoms with Crippen LogP contribution in [0.5, 0.6) is 0 Å². The van der Waals surface area contributed by atoms with Gasteiger partial charge in [0.05, 0.1) is 18.9 Å². The molecule has 1 rings (SSSR count). The first-order chi connectivity index (χ1) is 11.1. The van der Waals surface area contributed by atoms with Gasteiger partial charge in [0, 0.05) is 5.69 Å². The van der Waals surface area contributed by atoms with Crippen LogP contribution >= 0.6 is 0 Å². The molecule has 0 aliphatic heterocycles. The van der Waals surface area contributed by atoms with Crippen LogP contribution < -0.4 is 5.32 Å². The fraction of sp³-hybridized carbons (Fsp3) is 0.529. The van der Waals surface area contributed by atoms with Crippen LogP contribution in [-0.2, 0) is 14.3 Å². The largest absolute Gasteiger partial charge is 0.466 e. The van der Waals surface area contributed by atoms with Crippen molar-refractivity contribution >= 4 is 17.7 Å². The molecule has 0 aliphatic carbocycles. The summed E-state index contributed by atoms with van der Waals surface area (Å²) in [6.07, 6.45) is -3.84. The molecule has 1 amide bonds. The SMILES string of the molecule is CCOC(=O)CC(c1cccc(NC(=O)OC(C)(C)C)c1)C(F)F. The van der Waals surface area contributed by atoms with Gasteiger partial charge in [0.25, 0.3) is 0 Å². The van der Waals surface area contributed by atoms with Gasteiger partial charge in [-0.2, -0.15) is 0 Å². The molecular weight excluding hydrogens is 320 g/mol. The van der Waals surface area contributed by atoms with E-state index in [2.05, 4.69) is 5.32 Å². The molecule has 5 nitrogen and oxygen atoms in total. The molecular formula is C17H23F2NO4. The lowest BCUT2D eigenvalue weighted by atomic mass is 9.95. The summed E-state index contributed by atoms with van der Waals surface area (Å²) in [4.78, 5) is 23.3. The Labute approximate surface area is 140 Å². The molecule has 0 heterocycles. The maximum absolute atomic E-state index is 13.3. The Bertz CT molecular complexity index is 570. The minimum Gasteiger partial charge on any atom is -0.466 e. The summed E-state index contributed by atoms with van der Waals surface area (Å²) in [6, 6.07) is 5.97. The second kappa shape index (κ2) is 8.61. The number of halogens is 2. The summed E-state index contributed by atoms with van der Waals surface area (Å²) < 4.78 is 36.4. The van der Waals surface area contributed by atoms with Gasteiger partial charge < -0.3 is 9.47 Å². The van der Waals surface area contributed by atoms with E-state index in [1.165, 1.54) is 18.2 Å². The van der Waals surface area contributed by atoms with Crippen molar-refractivity contribution < 1.29 is 27.8 Å². The summed E-state index contributed by atoms with van der Waals surface area (Å²) >= 11 is 0. The molecule has 1 N–H and O–H groups in total. The fourth-order valence-corrected chi connectivity index (χ4v) is 2.02. The molecule has 0 saturated heterocycles. The molecule has 0 radical (unpaired) electrons. The second-order valence-electron chi connectivity index (χ2n) is 6.20. The lowest BCUT2D eigenvalue weighted by Crippen LogP contribution is -2.27. The van der Waals surface area contributed by atoms with Gasteiger partial charge in [-0.3, -0.25) is 10.1 Å².